The molecule has 1 aromatic heterocycles. The van der Waals surface area contributed by atoms with Gasteiger partial charge >= 0.3 is 0 Å². The Hall–Kier alpha value is -2.12. The Balaban J connectivity index is 2.35. The number of nitrogen functional groups attached to an aromatic ring is 1. The van der Waals surface area contributed by atoms with E-state index in [9.17, 15) is 14.4 Å². The van der Waals surface area contributed by atoms with Gasteiger partial charge in [-0.15, -0.1) is 0 Å². The molecule has 0 spiro atoms. The molecule has 0 radical (unpaired) electrons. The number of nitrogens with one attached hydrogen (secondary N) is 1. The summed E-state index contributed by atoms with van der Waals surface area (Å²) in [5, 5.41) is 2.59. The molecule has 3 N–H and O–H groups in total. The number of carbonyl (C=O) groups excluding carboxylic acids is 2. The Kier molecular flexibility index (Phi) is 3.11. The summed E-state index contributed by atoms with van der Waals surface area (Å²) in [4.78, 5) is 35.6. The van der Waals surface area contributed by atoms with Crippen molar-refractivity contribution in [3.05, 3.63) is 55.2 Å². The molecule has 0 atom stereocenters. The first-order valence-electron chi connectivity index (χ1n) is 5.77. The number of carbonyl (C=O) groups is 2. The number of amides is 2. The maximum atomic E-state index is 12.2. The van der Waals surface area contributed by atoms with Crippen LogP contribution in [0.15, 0.2) is 33.5 Å². The first kappa shape index (κ1) is 13.8. The van der Waals surface area contributed by atoms with Gasteiger partial charge in [0.05, 0.1) is 16.8 Å². The van der Waals surface area contributed by atoms with E-state index in [1.54, 1.807) is 18.2 Å². The second-order valence-electron chi connectivity index (χ2n) is 4.37. The molecule has 2 amide bonds. The van der Waals surface area contributed by atoms with Crippen LogP contribution in [0.5, 0.6) is 0 Å². The molecule has 3 rings (SSSR count). The number of hydrogen-bond acceptors (Lipinski definition) is 4. The second kappa shape index (κ2) is 4.71. The van der Waals surface area contributed by atoms with Crippen molar-refractivity contribution in [3.63, 3.8) is 0 Å². The number of pyridine rings is 1. The van der Waals surface area contributed by atoms with E-state index in [-0.39, 0.29) is 16.9 Å². The summed E-state index contributed by atoms with van der Waals surface area (Å²) < 4.78 is 1.69. The summed E-state index contributed by atoms with van der Waals surface area (Å²) >= 11 is 9.16. The minimum atomic E-state index is -0.624. The third-order valence-electron chi connectivity index (χ3n) is 3.10. The molecule has 2 heterocycles. The zero-order valence-corrected chi connectivity index (χ0v) is 12.7. The Morgan fingerprint density at radius 1 is 1.14 bits per heavy atom. The van der Waals surface area contributed by atoms with Crippen LogP contribution in [-0.2, 0) is 0 Å². The molecule has 0 fully saturated rings. The van der Waals surface area contributed by atoms with Gasteiger partial charge in [0, 0.05) is 15.6 Å². The van der Waals surface area contributed by atoms with Gasteiger partial charge < -0.3 is 5.73 Å². The molecule has 0 saturated heterocycles. The zero-order chi connectivity index (χ0) is 15.3. The maximum absolute atomic E-state index is 12.2. The summed E-state index contributed by atoms with van der Waals surface area (Å²) in [7, 11) is 0. The van der Waals surface area contributed by atoms with E-state index in [1.165, 1.54) is 0 Å². The average Bonchev–Trinajstić information content (AvgIpc) is 2.67. The minimum Gasteiger partial charge on any atom is -0.384 e. The lowest BCUT2D eigenvalue weighted by Gasteiger charge is -2.13. The molecule has 1 aromatic carbocycles. The van der Waals surface area contributed by atoms with E-state index in [0.29, 0.717) is 15.2 Å². The number of rotatable bonds is 1. The standard InChI is InChI=1S/C13H7BrClN3O3/c14-7-3-5(15)1-2-8(7)18-9(19)4-6-10(11(18)16)13(21)17-12(6)20/h1-4H,16H2,(H,17,20,21). The number of halogens is 2. The van der Waals surface area contributed by atoms with Crippen LogP contribution in [0.1, 0.15) is 20.7 Å². The number of nitrogens with two attached hydrogens (primary N) is 1. The average molecular weight is 369 g/mol. The predicted molar refractivity (Wildman–Crippen MR) is 81.0 cm³/mol. The summed E-state index contributed by atoms with van der Waals surface area (Å²) in [6, 6.07) is 5.87. The van der Waals surface area contributed by atoms with Gasteiger partial charge in [0.15, 0.2) is 0 Å². The maximum Gasteiger partial charge on any atom is 0.262 e. The number of fused-ring (bicyclic) bond motifs is 1. The molecule has 2 aromatic rings. The Morgan fingerprint density at radius 3 is 2.52 bits per heavy atom. The van der Waals surface area contributed by atoms with Crippen molar-refractivity contribution in [2.75, 3.05) is 5.73 Å². The number of aromatic nitrogens is 1. The van der Waals surface area contributed by atoms with Crippen molar-refractivity contribution >= 4 is 45.2 Å². The van der Waals surface area contributed by atoms with Crippen molar-refractivity contribution in [1.82, 2.24) is 9.88 Å². The minimum absolute atomic E-state index is 0.00134. The molecule has 1 aliphatic rings. The summed E-state index contributed by atoms with van der Waals surface area (Å²) in [6.45, 7) is 0. The Morgan fingerprint density at radius 2 is 1.86 bits per heavy atom. The number of nitrogens with zero attached hydrogens (tertiary/aromatic N) is 1. The smallest absolute Gasteiger partial charge is 0.262 e. The normalized spacial score (nSPS) is 13.2. The molecule has 8 heteroatoms. The van der Waals surface area contributed by atoms with Crippen LogP contribution in [0.3, 0.4) is 0 Å². The summed E-state index contributed by atoms with van der Waals surface area (Å²) in [5.74, 6) is -1.34. The first-order chi connectivity index (χ1) is 9.90. The molecule has 0 bridgehead atoms. The lowest BCUT2D eigenvalue weighted by Crippen LogP contribution is -2.24. The molecule has 21 heavy (non-hydrogen) atoms. The van der Waals surface area contributed by atoms with E-state index in [4.69, 9.17) is 17.3 Å². The first-order valence-corrected chi connectivity index (χ1v) is 6.94. The van der Waals surface area contributed by atoms with Crippen molar-refractivity contribution < 1.29 is 9.59 Å². The molecule has 0 aliphatic carbocycles. The van der Waals surface area contributed by atoms with Gasteiger partial charge in [0.1, 0.15) is 5.82 Å². The van der Waals surface area contributed by atoms with E-state index < -0.39 is 17.4 Å². The fourth-order valence-electron chi connectivity index (χ4n) is 2.19. The lowest BCUT2D eigenvalue weighted by molar-refractivity contribution is 0.0880. The van der Waals surface area contributed by atoms with Gasteiger partial charge in [-0.05, 0) is 34.1 Å². The fourth-order valence-corrected chi connectivity index (χ4v) is 3.05. The van der Waals surface area contributed by atoms with Gasteiger partial charge in [-0.25, -0.2) is 0 Å². The van der Waals surface area contributed by atoms with Crippen molar-refractivity contribution in [2.24, 2.45) is 0 Å². The van der Waals surface area contributed by atoms with Crippen LogP contribution in [0, 0.1) is 0 Å². The van der Waals surface area contributed by atoms with Crippen molar-refractivity contribution in [1.29, 1.82) is 0 Å². The highest BCUT2D eigenvalue weighted by molar-refractivity contribution is 9.10. The highest BCUT2D eigenvalue weighted by Crippen LogP contribution is 2.28. The zero-order valence-electron chi connectivity index (χ0n) is 10.3. The molecule has 106 valence electrons. The highest BCUT2D eigenvalue weighted by atomic mass is 79.9. The quantitative estimate of drug-likeness (QED) is 0.749. The van der Waals surface area contributed by atoms with Crippen LogP contribution in [0.25, 0.3) is 5.69 Å². The van der Waals surface area contributed by atoms with Gasteiger partial charge in [-0.3, -0.25) is 24.3 Å². The third-order valence-corrected chi connectivity index (χ3v) is 3.97. The largest absolute Gasteiger partial charge is 0.384 e. The summed E-state index contributed by atoms with van der Waals surface area (Å²) in [6.07, 6.45) is 0. The molecule has 0 unspecified atom stereocenters. The second-order valence-corrected chi connectivity index (χ2v) is 5.66. The lowest BCUT2D eigenvalue weighted by atomic mass is 10.1. The molecule has 1 aliphatic heterocycles. The highest BCUT2D eigenvalue weighted by Gasteiger charge is 2.32. The van der Waals surface area contributed by atoms with E-state index >= 15 is 0 Å². The topological polar surface area (TPSA) is 94.2 Å². The van der Waals surface area contributed by atoms with Crippen LogP contribution >= 0.6 is 27.5 Å². The van der Waals surface area contributed by atoms with E-state index in [2.05, 4.69) is 21.2 Å². The van der Waals surface area contributed by atoms with Gasteiger partial charge in [0.2, 0.25) is 0 Å². The molecule has 6 nitrogen and oxygen atoms in total. The predicted octanol–water partition coefficient (Wildman–Crippen LogP) is 1.72. The van der Waals surface area contributed by atoms with E-state index in [1.807, 2.05) is 0 Å². The monoisotopic (exact) mass is 367 g/mol. The Labute approximate surface area is 131 Å². The van der Waals surface area contributed by atoms with Crippen LogP contribution in [0.4, 0.5) is 5.82 Å². The van der Waals surface area contributed by atoms with Crippen LogP contribution in [0.2, 0.25) is 5.02 Å². The number of hydrogen-bond donors (Lipinski definition) is 2. The van der Waals surface area contributed by atoms with Crippen molar-refractivity contribution in [3.8, 4) is 5.69 Å². The summed E-state index contributed by atoms with van der Waals surface area (Å²) in [5.41, 5.74) is 5.83. The Bertz CT molecular complexity index is 876. The van der Waals surface area contributed by atoms with Crippen molar-refractivity contribution in [2.45, 2.75) is 0 Å². The fraction of sp³-hybridized carbons (Fsp3) is 0. The molecule has 0 saturated carbocycles. The molecular weight excluding hydrogens is 362 g/mol. The van der Waals surface area contributed by atoms with Crippen LogP contribution in [-0.4, -0.2) is 16.4 Å². The SMILES string of the molecule is Nc1c2c(cc(=O)n1-c1ccc(Cl)cc1Br)C(=O)NC2=O. The third kappa shape index (κ3) is 2.05. The van der Waals surface area contributed by atoms with Gasteiger partial charge in [-0.2, -0.15) is 0 Å². The van der Waals surface area contributed by atoms with Gasteiger partial charge in [-0.1, -0.05) is 11.6 Å². The number of benzene rings is 1. The number of anilines is 1. The van der Waals surface area contributed by atoms with Crippen LogP contribution < -0.4 is 16.6 Å². The van der Waals surface area contributed by atoms with E-state index in [0.717, 1.165) is 10.6 Å². The molecular formula is C13H7BrClN3O3. The van der Waals surface area contributed by atoms with Gasteiger partial charge in [0.25, 0.3) is 17.4 Å². The number of imide groups is 1.